The number of hydrogen-bond donors (Lipinski definition) is 1. The van der Waals surface area contributed by atoms with Crippen LogP contribution < -0.4 is 5.32 Å². The fourth-order valence-corrected chi connectivity index (χ4v) is 2.73. The molecule has 0 bridgehead atoms. The molecule has 0 saturated heterocycles. The molecule has 1 aromatic heterocycles. The highest BCUT2D eigenvalue weighted by atomic mass is 35.5. The lowest BCUT2D eigenvalue weighted by Gasteiger charge is -2.12. The average Bonchev–Trinajstić information content (AvgIpc) is 3.04. The summed E-state index contributed by atoms with van der Waals surface area (Å²) in [6, 6.07) is 10.5. The highest BCUT2D eigenvalue weighted by Gasteiger charge is 2.33. The monoisotopic (exact) mass is 400 g/mol. The molecule has 134 valence electrons. The van der Waals surface area contributed by atoms with Crippen molar-refractivity contribution in [3.63, 3.8) is 0 Å². The summed E-state index contributed by atoms with van der Waals surface area (Å²) in [5, 5.41) is 6.47. The molecule has 0 aliphatic rings. The minimum atomic E-state index is -4.60. The van der Waals surface area contributed by atoms with Gasteiger partial charge in [0.1, 0.15) is 0 Å². The molecule has 0 aliphatic heterocycles. The molecule has 26 heavy (non-hydrogen) atoms. The van der Waals surface area contributed by atoms with E-state index in [1.54, 1.807) is 12.1 Å². The van der Waals surface area contributed by atoms with Gasteiger partial charge in [-0.15, -0.1) is 0 Å². The van der Waals surface area contributed by atoms with E-state index >= 15 is 0 Å². The van der Waals surface area contributed by atoms with Gasteiger partial charge in [0, 0.05) is 16.7 Å². The van der Waals surface area contributed by atoms with E-state index in [4.69, 9.17) is 27.7 Å². The summed E-state index contributed by atoms with van der Waals surface area (Å²) in [6.07, 6.45) is -4.60. The van der Waals surface area contributed by atoms with Crippen molar-refractivity contribution >= 4 is 34.8 Å². The fraction of sp³-hybridized carbons (Fsp3) is 0.0588. The van der Waals surface area contributed by atoms with Gasteiger partial charge in [-0.2, -0.15) is 13.2 Å². The number of amides is 1. The van der Waals surface area contributed by atoms with Crippen LogP contribution in [0.25, 0.3) is 11.3 Å². The van der Waals surface area contributed by atoms with Crippen molar-refractivity contribution in [2.75, 3.05) is 5.32 Å². The second-order valence-corrected chi connectivity index (χ2v) is 6.04. The number of benzene rings is 2. The first-order chi connectivity index (χ1) is 12.3. The van der Waals surface area contributed by atoms with E-state index in [0.717, 1.165) is 12.1 Å². The molecule has 2 aromatic carbocycles. The van der Waals surface area contributed by atoms with Gasteiger partial charge in [0.2, 0.25) is 0 Å². The number of hydrogen-bond acceptors (Lipinski definition) is 3. The van der Waals surface area contributed by atoms with Gasteiger partial charge in [0.05, 0.1) is 16.3 Å². The lowest BCUT2D eigenvalue weighted by atomic mass is 10.1. The highest BCUT2D eigenvalue weighted by molar-refractivity contribution is 6.36. The number of carbonyl (C=O) groups is 1. The van der Waals surface area contributed by atoms with E-state index in [9.17, 15) is 18.0 Å². The molecule has 1 heterocycles. The Hall–Kier alpha value is -2.51. The molecule has 0 aliphatic carbocycles. The van der Waals surface area contributed by atoms with Gasteiger partial charge in [-0.25, -0.2) is 0 Å². The summed E-state index contributed by atoms with van der Waals surface area (Å²) in [5.41, 5.74) is -1.09. The predicted molar refractivity (Wildman–Crippen MR) is 91.4 cm³/mol. The molecule has 9 heteroatoms. The first-order valence-corrected chi connectivity index (χ1v) is 7.91. The predicted octanol–water partition coefficient (Wildman–Crippen LogP) is 5.92. The fourth-order valence-electron chi connectivity index (χ4n) is 2.22. The van der Waals surface area contributed by atoms with Crippen LogP contribution in [0.2, 0.25) is 10.0 Å². The van der Waals surface area contributed by atoms with Crippen LogP contribution in [0, 0.1) is 0 Å². The summed E-state index contributed by atoms with van der Waals surface area (Å²) in [6.45, 7) is 0. The zero-order chi connectivity index (χ0) is 18.9. The Morgan fingerprint density at radius 2 is 1.81 bits per heavy atom. The Morgan fingerprint density at radius 3 is 2.50 bits per heavy atom. The van der Waals surface area contributed by atoms with Crippen LogP contribution >= 0.6 is 23.2 Å². The first-order valence-electron chi connectivity index (χ1n) is 7.15. The molecule has 0 atom stereocenters. The van der Waals surface area contributed by atoms with Crippen LogP contribution in [0.3, 0.4) is 0 Å². The molecule has 3 rings (SSSR count). The summed E-state index contributed by atoms with van der Waals surface area (Å²) < 4.78 is 44.0. The minimum Gasteiger partial charge on any atom is -0.355 e. The van der Waals surface area contributed by atoms with Gasteiger partial charge in [0.15, 0.2) is 11.5 Å². The van der Waals surface area contributed by atoms with Crippen molar-refractivity contribution in [1.29, 1.82) is 0 Å². The van der Waals surface area contributed by atoms with Crippen molar-refractivity contribution < 1.29 is 22.5 Å². The molecule has 1 N–H and O–H groups in total. The van der Waals surface area contributed by atoms with Crippen molar-refractivity contribution in [2.24, 2.45) is 0 Å². The van der Waals surface area contributed by atoms with Crippen LogP contribution in [0.1, 0.15) is 16.1 Å². The maximum Gasteiger partial charge on any atom is 0.418 e. The van der Waals surface area contributed by atoms with Crippen molar-refractivity contribution in [3.05, 3.63) is 69.8 Å². The van der Waals surface area contributed by atoms with Crippen molar-refractivity contribution in [3.8, 4) is 11.3 Å². The Labute approximate surface area is 155 Å². The molecule has 0 unspecified atom stereocenters. The molecular weight excluding hydrogens is 392 g/mol. The van der Waals surface area contributed by atoms with Gasteiger partial charge in [-0.3, -0.25) is 4.79 Å². The Balaban J connectivity index is 1.86. The molecule has 3 aromatic rings. The summed E-state index contributed by atoms with van der Waals surface area (Å²) in [7, 11) is 0. The minimum absolute atomic E-state index is 0.181. The van der Waals surface area contributed by atoms with Crippen LogP contribution in [-0.2, 0) is 6.18 Å². The summed E-state index contributed by atoms with van der Waals surface area (Å²) >= 11 is 11.9. The van der Waals surface area contributed by atoms with E-state index in [-0.39, 0.29) is 22.2 Å². The van der Waals surface area contributed by atoms with E-state index in [1.165, 1.54) is 24.3 Å². The number of aromatic nitrogens is 1. The number of rotatable bonds is 3. The van der Waals surface area contributed by atoms with E-state index in [2.05, 4.69) is 10.5 Å². The maximum atomic E-state index is 13.0. The SMILES string of the molecule is O=C(Nc1ccccc1C(F)(F)F)c1cc(-c2ccc(Cl)cc2Cl)on1. The molecule has 0 spiro atoms. The second-order valence-electron chi connectivity index (χ2n) is 5.20. The number of halogens is 5. The zero-order valence-corrected chi connectivity index (χ0v) is 14.3. The molecule has 0 fully saturated rings. The third-order valence-corrected chi connectivity index (χ3v) is 3.97. The standard InChI is InChI=1S/C17H9Cl2F3N2O2/c18-9-5-6-10(12(19)7-9)15-8-14(24-26-15)16(25)23-13-4-2-1-3-11(13)17(20,21)22/h1-8H,(H,23,25). The van der Waals surface area contributed by atoms with Gasteiger partial charge in [-0.05, 0) is 30.3 Å². The number of carbonyl (C=O) groups excluding carboxylic acids is 1. The largest absolute Gasteiger partial charge is 0.418 e. The third-order valence-electron chi connectivity index (χ3n) is 3.42. The Kier molecular flexibility index (Phi) is 4.93. The van der Waals surface area contributed by atoms with Gasteiger partial charge >= 0.3 is 6.18 Å². The molecular formula is C17H9Cl2F3N2O2. The topological polar surface area (TPSA) is 55.1 Å². The normalized spacial score (nSPS) is 11.4. The van der Waals surface area contributed by atoms with Crippen molar-refractivity contribution in [2.45, 2.75) is 6.18 Å². The lowest BCUT2D eigenvalue weighted by Crippen LogP contribution is -2.16. The summed E-state index contributed by atoms with van der Waals surface area (Å²) in [5.74, 6) is -0.664. The Bertz CT molecular complexity index is 971. The van der Waals surface area contributed by atoms with E-state index in [1.807, 2.05) is 0 Å². The number of nitrogens with zero attached hydrogens (tertiary/aromatic N) is 1. The Morgan fingerprint density at radius 1 is 1.08 bits per heavy atom. The van der Waals surface area contributed by atoms with E-state index < -0.39 is 17.6 Å². The van der Waals surface area contributed by atoms with Gasteiger partial charge in [-0.1, -0.05) is 40.5 Å². The van der Waals surface area contributed by atoms with Crippen molar-refractivity contribution in [1.82, 2.24) is 5.16 Å². The van der Waals surface area contributed by atoms with Gasteiger partial charge < -0.3 is 9.84 Å². The van der Waals surface area contributed by atoms with Gasteiger partial charge in [0.25, 0.3) is 5.91 Å². The second kappa shape index (κ2) is 7.01. The molecule has 0 radical (unpaired) electrons. The summed E-state index contributed by atoms with van der Waals surface area (Å²) in [4.78, 5) is 12.2. The van der Waals surface area contributed by atoms with Crippen LogP contribution in [-0.4, -0.2) is 11.1 Å². The first kappa shape index (κ1) is 18.3. The maximum absolute atomic E-state index is 13.0. The van der Waals surface area contributed by atoms with E-state index in [0.29, 0.717) is 10.6 Å². The lowest BCUT2D eigenvalue weighted by molar-refractivity contribution is -0.136. The van der Waals surface area contributed by atoms with Crippen LogP contribution in [0.5, 0.6) is 0 Å². The highest BCUT2D eigenvalue weighted by Crippen LogP contribution is 2.35. The average molecular weight is 401 g/mol. The number of para-hydroxylation sites is 1. The molecule has 4 nitrogen and oxygen atoms in total. The molecule has 0 saturated carbocycles. The smallest absolute Gasteiger partial charge is 0.355 e. The third kappa shape index (κ3) is 3.84. The molecule has 1 amide bonds. The zero-order valence-electron chi connectivity index (χ0n) is 12.8. The quantitative estimate of drug-likeness (QED) is 0.593. The number of alkyl halides is 3. The van der Waals surface area contributed by atoms with Crippen LogP contribution in [0.15, 0.2) is 53.1 Å². The number of nitrogens with one attached hydrogen (secondary N) is 1. The number of anilines is 1. The van der Waals surface area contributed by atoms with Crippen LogP contribution in [0.4, 0.5) is 18.9 Å².